The number of hydrogen-bond acceptors (Lipinski definition) is 3. The van der Waals surface area contributed by atoms with Gasteiger partial charge in [0.05, 0.1) is 6.10 Å². The Balaban J connectivity index is 1.89. The molecule has 2 rings (SSSR count). The summed E-state index contributed by atoms with van der Waals surface area (Å²) in [6, 6.07) is 8.82. The fourth-order valence-corrected chi connectivity index (χ4v) is 2.94. The Morgan fingerprint density at radius 2 is 2.39 bits per heavy atom. The predicted molar refractivity (Wildman–Crippen MR) is 77.6 cm³/mol. The summed E-state index contributed by atoms with van der Waals surface area (Å²) in [4.78, 5) is 2.34. The molecule has 0 aliphatic carbocycles. The van der Waals surface area contributed by atoms with Crippen LogP contribution in [0.15, 0.2) is 28.7 Å². The van der Waals surface area contributed by atoms with E-state index in [4.69, 9.17) is 0 Å². The van der Waals surface area contributed by atoms with Gasteiger partial charge in [0, 0.05) is 30.1 Å². The van der Waals surface area contributed by atoms with Crippen molar-refractivity contribution < 1.29 is 5.11 Å². The molecular formula is C14H21BrN2O. The summed E-state index contributed by atoms with van der Waals surface area (Å²) in [6.45, 7) is 2.89. The van der Waals surface area contributed by atoms with Crippen molar-refractivity contribution in [2.24, 2.45) is 0 Å². The number of halogens is 1. The Kier molecular flexibility index (Phi) is 5.18. The van der Waals surface area contributed by atoms with Crippen LogP contribution in [0.2, 0.25) is 0 Å². The number of likely N-dealkylation sites (tertiary alicyclic amines) is 1. The van der Waals surface area contributed by atoms with Gasteiger partial charge in [-0.2, -0.15) is 0 Å². The van der Waals surface area contributed by atoms with Gasteiger partial charge >= 0.3 is 0 Å². The monoisotopic (exact) mass is 312 g/mol. The maximum Gasteiger partial charge on any atom is 0.0679 e. The van der Waals surface area contributed by atoms with Crippen LogP contribution in [-0.2, 0) is 0 Å². The zero-order valence-corrected chi connectivity index (χ0v) is 12.4. The molecule has 1 aliphatic heterocycles. The van der Waals surface area contributed by atoms with Gasteiger partial charge in [0.2, 0.25) is 0 Å². The van der Waals surface area contributed by atoms with Gasteiger partial charge in [-0.05, 0) is 37.6 Å². The first-order valence-corrected chi connectivity index (χ1v) is 7.31. The maximum atomic E-state index is 9.51. The molecule has 0 aromatic heterocycles. The molecule has 1 heterocycles. The molecule has 0 saturated carbocycles. The van der Waals surface area contributed by atoms with Gasteiger partial charge in [-0.3, -0.25) is 0 Å². The third-order valence-corrected chi connectivity index (χ3v) is 4.07. The minimum Gasteiger partial charge on any atom is -0.392 e. The van der Waals surface area contributed by atoms with Crippen LogP contribution >= 0.6 is 15.9 Å². The Morgan fingerprint density at radius 3 is 3.00 bits per heavy atom. The number of nitrogens with one attached hydrogen (secondary N) is 1. The van der Waals surface area contributed by atoms with Crippen LogP contribution < -0.4 is 5.32 Å². The molecule has 1 aromatic rings. The first-order valence-electron chi connectivity index (χ1n) is 6.52. The Bertz CT molecular complexity index is 386. The summed E-state index contributed by atoms with van der Waals surface area (Å²) in [6.07, 6.45) is 1.87. The van der Waals surface area contributed by atoms with E-state index in [1.165, 1.54) is 5.56 Å². The van der Waals surface area contributed by atoms with Crippen molar-refractivity contribution in [2.45, 2.75) is 25.0 Å². The molecule has 1 fully saturated rings. The first kappa shape index (κ1) is 14.0. The van der Waals surface area contributed by atoms with E-state index in [2.05, 4.69) is 44.3 Å². The average molecular weight is 313 g/mol. The standard InChI is InChI=1S/C14H21BrN2O/c1-16-14(11-3-2-4-12(15)9-11)6-8-17-7-5-13(18)10-17/h2-4,9,13-14,16,18H,5-8,10H2,1H3. The summed E-state index contributed by atoms with van der Waals surface area (Å²) in [5.74, 6) is 0. The molecule has 1 aliphatic rings. The summed E-state index contributed by atoms with van der Waals surface area (Å²) in [7, 11) is 2.00. The van der Waals surface area contributed by atoms with Crippen molar-refractivity contribution in [3.05, 3.63) is 34.3 Å². The van der Waals surface area contributed by atoms with E-state index in [1.54, 1.807) is 0 Å². The SMILES string of the molecule is CNC(CCN1CCC(O)C1)c1cccc(Br)c1. The summed E-state index contributed by atoms with van der Waals surface area (Å²) < 4.78 is 1.12. The lowest BCUT2D eigenvalue weighted by atomic mass is 10.0. The van der Waals surface area contributed by atoms with Crippen molar-refractivity contribution in [1.29, 1.82) is 0 Å². The molecule has 1 aromatic carbocycles. The number of benzene rings is 1. The highest BCUT2D eigenvalue weighted by Crippen LogP contribution is 2.21. The second-order valence-electron chi connectivity index (χ2n) is 4.93. The van der Waals surface area contributed by atoms with Crippen LogP contribution in [-0.4, -0.2) is 42.8 Å². The number of aliphatic hydroxyl groups excluding tert-OH is 1. The van der Waals surface area contributed by atoms with Gasteiger partial charge in [0.15, 0.2) is 0 Å². The van der Waals surface area contributed by atoms with Crippen molar-refractivity contribution in [2.75, 3.05) is 26.7 Å². The van der Waals surface area contributed by atoms with Gasteiger partial charge < -0.3 is 15.3 Å². The van der Waals surface area contributed by atoms with E-state index in [-0.39, 0.29) is 6.10 Å². The van der Waals surface area contributed by atoms with Crippen molar-refractivity contribution >= 4 is 15.9 Å². The fourth-order valence-electron chi connectivity index (χ4n) is 2.53. The Morgan fingerprint density at radius 1 is 1.56 bits per heavy atom. The van der Waals surface area contributed by atoms with E-state index < -0.39 is 0 Å². The number of nitrogens with zero attached hydrogens (tertiary/aromatic N) is 1. The van der Waals surface area contributed by atoms with E-state index in [1.807, 2.05) is 13.1 Å². The maximum absolute atomic E-state index is 9.51. The molecule has 0 radical (unpaired) electrons. The molecule has 2 unspecified atom stereocenters. The van der Waals surface area contributed by atoms with Crippen molar-refractivity contribution in [1.82, 2.24) is 10.2 Å². The van der Waals surface area contributed by atoms with Gasteiger partial charge in [0.25, 0.3) is 0 Å². The molecule has 0 spiro atoms. The molecule has 4 heteroatoms. The van der Waals surface area contributed by atoms with Gasteiger partial charge in [-0.25, -0.2) is 0 Å². The number of rotatable bonds is 5. The predicted octanol–water partition coefficient (Wildman–Crippen LogP) is 2.17. The number of β-amino-alcohol motifs (C(OH)–C–C–N with tert-alkyl or cyclic N) is 1. The second kappa shape index (κ2) is 6.66. The second-order valence-corrected chi connectivity index (χ2v) is 5.84. The Hall–Kier alpha value is -0.420. The molecule has 2 atom stereocenters. The highest BCUT2D eigenvalue weighted by molar-refractivity contribution is 9.10. The summed E-state index contributed by atoms with van der Waals surface area (Å²) >= 11 is 3.51. The molecular weight excluding hydrogens is 292 g/mol. The summed E-state index contributed by atoms with van der Waals surface area (Å²) in [5, 5.41) is 12.9. The largest absolute Gasteiger partial charge is 0.392 e. The number of hydrogen-bond donors (Lipinski definition) is 2. The lowest BCUT2D eigenvalue weighted by molar-refractivity contribution is 0.175. The minimum atomic E-state index is -0.121. The third-order valence-electron chi connectivity index (χ3n) is 3.58. The quantitative estimate of drug-likeness (QED) is 0.874. The van der Waals surface area contributed by atoms with Crippen LogP contribution in [0.25, 0.3) is 0 Å². The third kappa shape index (κ3) is 3.79. The van der Waals surface area contributed by atoms with Crippen LogP contribution in [0, 0.1) is 0 Å². The highest BCUT2D eigenvalue weighted by atomic mass is 79.9. The lowest BCUT2D eigenvalue weighted by Gasteiger charge is -2.21. The first-order chi connectivity index (χ1) is 8.69. The normalized spacial score (nSPS) is 22.3. The molecule has 0 bridgehead atoms. The van der Waals surface area contributed by atoms with Crippen LogP contribution in [0.3, 0.4) is 0 Å². The van der Waals surface area contributed by atoms with Crippen LogP contribution in [0.5, 0.6) is 0 Å². The average Bonchev–Trinajstić information content (AvgIpc) is 2.76. The molecule has 18 heavy (non-hydrogen) atoms. The summed E-state index contributed by atoms with van der Waals surface area (Å²) in [5.41, 5.74) is 1.31. The van der Waals surface area contributed by atoms with Crippen molar-refractivity contribution in [3.8, 4) is 0 Å². The molecule has 1 saturated heterocycles. The van der Waals surface area contributed by atoms with Crippen molar-refractivity contribution in [3.63, 3.8) is 0 Å². The molecule has 100 valence electrons. The Labute approximate surface area is 117 Å². The minimum absolute atomic E-state index is 0.121. The molecule has 0 amide bonds. The fraction of sp³-hybridized carbons (Fsp3) is 0.571. The van der Waals surface area contributed by atoms with E-state index >= 15 is 0 Å². The van der Waals surface area contributed by atoms with E-state index in [0.29, 0.717) is 6.04 Å². The number of aliphatic hydroxyl groups is 1. The molecule has 2 N–H and O–H groups in total. The van der Waals surface area contributed by atoms with Crippen LogP contribution in [0.1, 0.15) is 24.4 Å². The smallest absolute Gasteiger partial charge is 0.0679 e. The van der Waals surface area contributed by atoms with Gasteiger partial charge in [0.1, 0.15) is 0 Å². The molecule has 3 nitrogen and oxygen atoms in total. The topological polar surface area (TPSA) is 35.5 Å². The van der Waals surface area contributed by atoms with Gasteiger partial charge in [-0.15, -0.1) is 0 Å². The van der Waals surface area contributed by atoms with Crippen LogP contribution in [0.4, 0.5) is 0 Å². The zero-order chi connectivity index (χ0) is 13.0. The lowest BCUT2D eigenvalue weighted by Crippen LogP contribution is -2.27. The zero-order valence-electron chi connectivity index (χ0n) is 10.8. The van der Waals surface area contributed by atoms with E-state index in [0.717, 1.165) is 36.9 Å². The van der Waals surface area contributed by atoms with Gasteiger partial charge in [-0.1, -0.05) is 28.1 Å². The van der Waals surface area contributed by atoms with E-state index in [9.17, 15) is 5.11 Å². The highest BCUT2D eigenvalue weighted by Gasteiger charge is 2.20.